The van der Waals surface area contributed by atoms with Crippen LogP contribution < -0.4 is 5.32 Å². The van der Waals surface area contributed by atoms with Crippen LogP contribution in [0.15, 0.2) is 10.9 Å². The summed E-state index contributed by atoms with van der Waals surface area (Å²) in [6.45, 7) is 3.32. The summed E-state index contributed by atoms with van der Waals surface area (Å²) in [4.78, 5) is 4.29. The van der Waals surface area contributed by atoms with Crippen molar-refractivity contribution in [3.63, 3.8) is 0 Å². The van der Waals surface area contributed by atoms with Gasteiger partial charge in [0.25, 0.3) is 0 Å². The predicted octanol–water partition coefficient (Wildman–Crippen LogP) is 1.22. The Kier molecular flexibility index (Phi) is 4.37. The lowest BCUT2D eigenvalue weighted by Crippen LogP contribution is -2.45. The van der Waals surface area contributed by atoms with Gasteiger partial charge in [0.2, 0.25) is 10.0 Å². The van der Waals surface area contributed by atoms with Crippen LogP contribution in [0.5, 0.6) is 0 Å². The topological polar surface area (TPSA) is 62.3 Å². The molecule has 1 aliphatic heterocycles. The number of nitrogens with zero attached hydrogens (tertiary/aromatic N) is 2. The molecule has 1 aromatic rings. The summed E-state index contributed by atoms with van der Waals surface area (Å²) in [5.41, 5.74) is 2.89. The zero-order chi connectivity index (χ0) is 13.2. The van der Waals surface area contributed by atoms with E-state index >= 15 is 0 Å². The molecule has 1 unspecified atom stereocenters. The lowest BCUT2D eigenvalue weighted by atomic mass is 10.1. The van der Waals surface area contributed by atoms with E-state index in [0.717, 1.165) is 18.5 Å². The molecule has 2 rings (SSSR count). The van der Waals surface area contributed by atoms with Crippen LogP contribution >= 0.6 is 11.3 Å². The number of nitrogens with one attached hydrogen (secondary N) is 1. The fourth-order valence-electron chi connectivity index (χ4n) is 2.23. The van der Waals surface area contributed by atoms with Gasteiger partial charge in [-0.15, -0.1) is 11.3 Å². The number of rotatable bonds is 4. The van der Waals surface area contributed by atoms with E-state index in [-0.39, 0.29) is 6.04 Å². The molecular formula is C11H19N3O2S2. The van der Waals surface area contributed by atoms with E-state index in [2.05, 4.69) is 17.2 Å². The fraction of sp³-hybridized carbons (Fsp3) is 0.727. The maximum absolute atomic E-state index is 11.4. The van der Waals surface area contributed by atoms with Crippen molar-refractivity contribution in [1.82, 2.24) is 14.6 Å². The van der Waals surface area contributed by atoms with Crippen molar-refractivity contribution < 1.29 is 8.42 Å². The summed E-state index contributed by atoms with van der Waals surface area (Å²) in [6.07, 6.45) is 3.00. The summed E-state index contributed by atoms with van der Waals surface area (Å²) in [5.74, 6) is 0. The Balaban J connectivity index is 1.84. The first-order chi connectivity index (χ1) is 8.47. The monoisotopic (exact) mass is 289 g/mol. The van der Waals surface area contributed by atoms with E-state index in [0.29, 0.717) is 19.1 Å². The molecule has 0 radical (unpaired) electrons. The van der Waals surface area contributed by atoms with Crippen LogP contribution in [0.1, 0.15) is 31.5 Å². The minimum absolute atomic E-state index is 0.228. The van der Waals surface area contributed by atoms with E-state index in [1.54, 1.807) is 15.6 Å². The Hall–Kier alpha value is -0.500. The van der Waals surface area contributed by atoms with Gasteiger partial charge in [-0.25, -0.2) is 17.7 Å². The minimum Gasteiger partial charge on any atom is -0.306 e. The van der Waals surface area contributed by atoms with E-state index in [9.17, 15) is 8.42 Å². The second-order valence-corrected chi connectivity index (χ2v) is 7.44. The number of hydrogen-bond donors (Lipinski definition) is 1. The van der Waals surface area contributed by atoms with Crippen molar-refractivity contribution in [1.29, 1.82) is 0 Å². The van der Waals surface area contributed by atoms with Gasteiger partial charge in [-0.3, -0.25) is 0 Å². The number of hydrogen-bond acceptors (Lipinski definition) is 5. The van der Waals surface area contributed by atoms with E-state index in [4.69, 9.17) is 0 Å². The molecule has 0 spiro atoms. The van der Waals surface area contributed by atoms with Crippen molar-refractivity contribution in [3.8, 4) is 0 Å². The molecule has 0 saturated carbocycles. The number of piperidine rings is 1. The molecule has 1 fully saturated rings. The molecule has 0 amide bonds. The smallest absolute Gasteiger partial charge is 0.211 e. The van der Waals surface area contributed by atoms with Gasteiger partial charge in [-0.1, -0.05) is 0 Å². The van der Waals surface area contributed by atoms with E-state index < -0.39 is 10.0 Å². The van der Waals surface area contributed by atoms with Crippen LogP contribution in [0.25, 0.3) is 0 Å². The number of aromatic nitrogens is 1. The molecule has 1 aromatic heterocycles. The fourth-order valence-corrected chi connectivity index (χ4v) is 3.75. The first kappa shape index (κ1) is 13.9. The van der Waals surface area contributed by atoms with Crippen LogP contribution in [0.3, 0.4) is 0 Å². The Labute approximate surface area is 112 Å². The van der Waals surface area contributed by atoms with Crippen LogP contribution in [-0.2, 0) is 10.0 Å². The number of thiazole rings is 1. The predicted molar refractivity (Wildman–Crippen MR) is 73.1 cm³/mol. The van der Waals surface area contributed by atoms with Gasteiger partial charge in [0.05, 0.1) is 17.5 Å². The molecule has 0 aliphatic carbocycles. The molecule has 1 aliphatic rings. The normalized spacial score (nSPS) is 21.0. The quantitative estimate of drug-likeness (QED) is 0.905. The van der Waals surface area contributed by atoms with Crippen molar-refractivity contribution in [2.75, 3.05) is 19.3 Å². The summed E-state index contributed by atoms with van der Waals surface area (Å²) in [5, 5.41) is 5.56. The van der Waals surface area contributed by atoms with Crippen molar-refractivity contribution in [2.45, 2.75) is 31.8 Å². The van der Waals surface area contributed by atoms with Gasteiger partial charge in [0.15, 0.2) is 0 Å². The van der Waals surface area contributed by atoms with Gasteiger partial charge in [-0.05, 0) is 19.8 Å². The van der Waals surface area contributed by atoms with Crippen molar-refractivity contribution in [2.24, 2.45) is 0 Å². The van der Waals surface area contributed by atoms with Crippen molar-refractivity contribution in [3.05, 3.63) is 16.6 Å². The Morgan fingerprint density at radius 1 is 1.50 bits per heavy atom. The molecule has 5 nitrogen and oxygen atoms in total. The molecule has 1 N–H and O–H groups in total. The Bertz CT molecular complexity index is 464. The highest BCUT2D eigenvalue weighted by Gasteiger charge is 2.25. The van der Waals surface area contributed by atoms with Crippen LogP contribution in [0, 0.1) is 0 Å². The first-order valence-electron chi connectivity index (χ1n) is 6.06. The highest BCUT2D eigenvalue weighted by Crippen LogP contribution is 2.18. The maximum Gasteiger partial charge on any atom is 0.211 e. The third-order valence-corrected chi connectivity index (χ3v) is 5.21. The molecular weight excluding hydrogens is 270 g/mol. The summed E-state index contributed by atoms with van der Waals surface area (Å²) < 4.78 is 24.4. The molecule has 0 aromatic carbocycles. The SMILES string of the molecule is CC(NC1CCN(S(C)(=O)=O)CC1)c1cscn1. The lowest BCUT2D eigenvalue weighted by Gasteiger charge is -2.32. The Morgan fingerprint density at radius 2 is 2.17 bits per heavy atom. The van der Waals surface area contributed by atoms with E-state index in [1.807, 2.05) is 10.9 Å². The standard InChI is InChI=1S/C11H19N3O2S2/c1-9(11-7-17-8-12-11)13-10-3-5-14(6-4-10)18(2,15)16/h7-10,13H,3-6H2,1-2H3. The molecule has 102 valence electrons. The zero-order valence-electron chi connectivity index (χ0n) is 10.7. The molecule has 7 heteroatoms. The molecule has 2 heterocycles. The van der Waals surface area contributed by atoms with Crippen LogP contribution in [-0.4, -0.2) is 43.1 Å². The second-order valence-electron chi connectivity index (χ2n) is 4.74. The molecule has 0 bridgehead atoms. The van der Waals surface area contributed by atoms with Crippen molar-refractivity contribution >= 4 is 21.4 Å². The molecule has 18 heavy (non-hydrogen) atoms. The summed E-state index contributed by atoms with van der Waals surface area (Å²) in [6, 6.07) is 0.603. The van der Waals surface area contributed by atoms with Gasteiger partial charge >= 0.3 is 0 Å². The third-order valence-electron chi connectivity index (χ3n) is 3.30. The maximum atomic E-state index is 11.4. The molecule has 1 saturated heterocycles. The largest absolute Gasteiger partial charge is 0.306 e. The highest BCUT2D eigenvalue weighted by molar-refractivity contribution is 7.88. The summed E-state index contributed by atoms with van der Waals surface area (Å²) in [7, 11) is -3.03. The average Bonchev–Trinajstić information content (AvgIpc) is 2.82. The average molecular weight is 289 g/mol. The highest BCUT2D eigenvalue weighted by atomic mass is 32.2. The minimum atomic E-state index is -3.03. The second kappa shape index (κ2) is 5.64. The lowest BCUT2D eigenvalue weighted by molar-refractivity contribution is 0.277. The number of sulfonamides is 1. The first-order valence-corrected chi connectivity index (χ1v) is 8.85. The van der Waals surface area contributed by atoms with Crippen LogP contribution in [0.4, 0.5) is 0 Å². The summed E-state index contributed by atoms with van der Waals surface area (Å²) >= 11 is 1.60. The third kappa shape index (κ3) is 3.50. The Morgan fingerprint density at radius 3 is 2.67 bits per heavy atom. The van der Waals surface area contributed by atoms with Crippen LogP contribution in [0.2, 0.25) is 0 Å². The van der Waals surface area contributed by atoms with Gasteiger partial charge < -0.3 is 5.32 Å². The molecule has 1 atom stereocenters. The van der Waals surface area contributed by atoms with Gasteiger partial charge in [0.1, 0.15) is 0 Å². The van der Waals surface area contributed by atoms with Gasteiger partial charge in [0, 0.05) is 30.6 Å². The zero-order valence-corrected chi connectivity index (χ0v) is 12.3. The van der Waals surface area contributed by atoms with E-state index in [1.165, 1.54) is 6.26 Å². The van der Waals surface area contributed by atoms with Gasteiger partial charge in [-0.2, -0.15) is 0 Å².